The number of carboxylic acid groups (broad SMARTS) is 1. The fourth-order valence-corrected chi connectivity index (χ4v) is 5.71. The molecule has 3 heterocycles. The van der Waals surface area contributed by atoms with Crippen LogP contribution in [0.2, 0.25) is 0 Å². The lowest BCUT2D eigenvalue weighted by Crippen LogP contribution is -2.41. The Kier molecular flexibility index (Phi) is 9.34. The van der Waals surface area contributed by atoms with Crippen LogP contribution in [0.15, 0.2) is 42.9 Å². The second kappa shape index (κ2) is 12.9. The standard InChI is InChI=1S/C29H40N4O3/c1-32-19-16-31-28(32)8-3-4-17-33-18-14-22(24(21-33)9-12-29(34)35)6-5-7-23-13-15-30-27-11-10-25(36-2)20-26(23)27/h10-11,13,15-16,19-20,22,24H,3-9,12,14,17-18,21H2,1-2H3,(H,34,35)/t22-,24+/m1/s1. The summed E-state index contributed by atoms with van der Waals surface area (Å²) < 4.78 is 7.52. The number of carbonyl (C=O) groups is 1. The highest BCUT2D eigenvalue weighted by Gasteiger charge is 2.29. The number of carboxylic acids is 1. The van der Waals surface area contributed by atoms with Gasteiger partial charge < -0.3 is 19.3 Å². The van der Waals surface area contributed by atoms with Crippen LogP contribution in [-0.2, 0) is 24.7 Å². The number of fused-ring (bicyclic) bond motifs is 1. The zero-order valence-electron chi connectivity index (χ0n) is 21.7. The van der Waals surface area contributed by atoms with Gasteiger partial charge in [0.05, 0.1) is 12.6 Å². The van der Waals surface area contributed by atoms with Crippen LogP contribution in [0.4, 0.5) is 0 Å². The van der Waals surface area contributed by atoms with Gasteiger partial charge in [-0.15, -0.1) is 0 Å². The molecule has 1 saturated heterocycles. The molecule has 7 heteroatoms. The molecule has 1 aliphatic rings. The van der Waals surface area contributed by atoms with Crippen molar-refractivity contribution >= 4 is 16.9 Å². The summed E-state index contributed by atoms with van der Waals surface area (Å²) in [7, 11) is 3.75. The molecule has 1 aromatic carbocycles. The van der Waals surface area contributed by atoms with Gasteiger partial charge in [-0.1, -0.05) is 0 Å². The van der Waals surface area contributed by atoms with Gasteiger partial charge in [-0.3, -0.25) is 9.78 Å². The predicted octanol–water partition coefficient (Wildman–Crippen LogP) is 5.13. The highest BCUT2D eigenvalue weighted by Crippen LogP contribution is 2.32. The Morgan fingerprint density at radius 1 is 1.08 bits per heavy atom. The highest BCUT2D eigenvalue weighted by atomic mass is 16.5. The minimum absolute atomic E-state index is 0.267. The largest absolute Gasteiger partial charge is 0.497 e. The average molecular weight is 493 g/mol. The summed E-state index contributed by atoms with van der Waals surface area (Å²) in [5, 5.41) is 10.5. The molecule has 2 aromatic heterocycles. The number of piperidine rings is 1. The second-order valence-corrected chi connectivity index (χ2v) is 10.2. The summed E-state index contributed by atoms with van der Waals surface area (Å²) in [6.07, 6.45) is 14.5. The van der Waals surface area contributed by atoms with E-state index >= 15 is 0 Å². The van der Waals surface area contributed by atoms with Gasteiger partial charge in [-0.05, 0) is 99.7 Å². The molecule has 36 heavy (non-hydrogen) atoms. The summed E-state index contributed by atoms with van der Waals surface area (Å²) in [6.45, 7) is 3.23. The number of unbranched alkanes of at least 4 members (excludes halogenated alkanes) is 1. The molecule has 1 fully saturated rings. The van der Waals surface area contributed by atoms with Gasteiger partial charge >= 0.3 is 5.97 Å². The third-order valence-corrected chi connectivity index (χ3v) is 7.81. The molecule has 4 rings (SSSR count). The number of benzene rings is 1. The highest BCUT2D eigenvalue weighted by molar-refractivity contribution is 5.83. The number of methoxy groups -OCH3 is 1. The smallest absolute Gasteiger partial charge is 0.303 e. The van der Waals surface area contributed by atoms with E-state index in [2.05, 4.69) is 31.6 Å². The van der Waals surface area contributed by atoms with Crippen LogP contribution in [0.5, 0.6) is 5.75 Å². The zero-order chi connectivity index (χ0) is 25.3. The van der Waals surface area contributed by atoms with Gasteiger partial charge in [-0.2, -0.15) is 0 Å². The van der Waals surface area contributed by atoms with Crippen molar-refractivity contribution in [2.45, 2.75) is 57.8 Å². The van der Waals surface area contributed by atoms with Crippen molar-refractivity contribution in [2.75, 3.05) is 26.7 Å². The first-order valence-electron chi connectivity index (χ1n) is 13.4. The number of likely N-dealkylation sites (tertiary alicyclic amines) is 1. The molecule has 2 atom stereocenters. The fraction of sp³-hybridized carbons (Fsp3) is 0.552. The number of rotatable bonds is 13. The second-order valence-electron chi connectivity index (χ2n) is 10.2. The van der Waals surface area contributed by atoms with E-state index in [1.807, 2.05) is 37.8 Å². The Labute approximate surface area is 214 Å². The van der Waals surface area contributed by atoms with E-state index in [1.54, 1.807) is 7.11 Å². The molecule has 0 aliphatic carbocycles. The number of nitrogens with zero attached hydrogens (tertiary/aromatic N) is 4. The molecular weight excluding hydrogens is 452 g/mol. The normalized spacial score (nSPS) is 18.5. The number of aliphatic carboxylic acids is 1. The molecule has 0 spiro atoms. The van der Waals surface area contributed by atoms with E-state index < -0.39 is 5.97 Å². The number of ether oxygens (including phenoxy) is 1. The number of imidazole rings is 1. The minimum Gasteiger partial charge on any atom is -0.497 e. The van der Waals surface area contributed by atoms with Gasteiger partial charge in [0.25, 0.3) is 0 Å². The van der Waals surface area contributed by atoms with Crippen LogP contribution >= 0.6 is 0 Å². The third-order valence-electron chi connectivity index (χ3n) is 7.81. The first-order chi connectivity index (χ1) is 17.5. The third kappa shape index (κ3) is 7.06. The Morgan fingerprint density at radius 2 is 1.97 bits per heavy atom. The number of pyridine rings is 1. The van der Waals surface area contributed by atoms with Crippen molar-refractivity contribution in [1.29, 1.82) is 0 Å². The molecule has 3 aromatic rings. The summed E-state index contributed by atoms with van der Waals surface area (Å²) in [4.78, 5) is 22.8. The molecule has 0 unspecified atom stereocenters. The quantitative estimate of drug-likeness (QED) is 0.333. The maximum atomic E-state index is 11.3. The first kappa shape index (κ1) is 26.1. The fourth-order valence-electron chi connectivity index (χ4n) is 5.71. The number of hydrogen-bond acceptors (Lipinski definition) is 5. The molecule has 1 aliphatic heterocycles. The van der Waals surface area contributed by atoms with Crippen LogP contribution in [0.3, 0.4) is 0 Å². The Bertz CT molecular complexity index is 1130. The monoisotopic (exact) mass is 492 g/mol. The molecule has 0 saturated carbocycles. The number of aryl methyl sites for hydroxylation is 3. The first-order valence-corrected chi connectivity index (χ1v) is 13.4. The molecule has 194 valence electrons. The van der Waals surface area contributed by atoms with Crippen LogP contribution in [-0.4, -0.2) is 57.3 Å². The van der Waals surface area contributed by atoms with Crippen molar-refractivity contribution in [3.8, 4) is 5.75 Å². The van der Waals surface area contributed by atoms with Gasteiger partial charge in [0.15, 0.2) is 0 Å². The molecule has 1 N–H and O–H groups in total. The van der Waals surface area contributed by atoms with E-state index in [1.165, 1.54) is 10.9 Å². The van der Waals surface area contributed by atoms with Gasteiger partial charge in [0.1, 0.15) is 11.6 Å². The maximum Gasteiger partial charge on any atom is 0.303 e. The molecule has 0 bridgehead atoms. The molecule has 7 nitrogen and oxygen atoms in total. The van der Waals surface area contributed by atoms with E-state index in [0.717, 1.165) is 88.1 Å². The van der Waals surface area contributed by atoms with Crippen LogP contribution in [0, 0.1) is 11.8 Å². The van der Waals surface area contributed by atoms with Crippen molar-refractivity contribution in [3.05, 3.63) is 54.2 Å². The molecule has 0 amide bonds. The number of aromatic nitrogens is 3. The van der Waals surface area contributed by atoms with E-state index in [9.17, 15) is 9.90 Å². The lowest BCUT2D eigenvalue weighted by atomic mass is 9.79. The predicted molar refractivity (Wildman–Crippen MR) is 142 cm³/mol. The molecule has 0 radical (unpaired) electrons. The van der Waals surface area contributed by atoms with E-state index in [-0.39, 0.29) is 6.42 Å². The summed E-state index contributed by atoms with van der Waals surface area (Å²) >= 11 is 0. The summed E-state index contributed by atoms with van der Waals surface area (Å²) in [6, 6.07) is 8.18. The van der Waals surface area contributed by atoms with Crippen LogP contribution in [0.25, 0.3) is 10.9 Å². The van der Waals surface area contributed by atoms with Gasteiger partial charge in [0.2, 0.25) is 0 Å². The SMILES string of the molecule is COc1ccc2nccc(CCC[C@@H]3CCN(CCCCc4nccn4C)C[C@@H]3CCC(=O)O)c2c1. The number of hydrogen-bond donors (Lipinski definition) is 1. The Morgan fingerprint density at radius 3 is 2.75 bits per heavy atom. The van der Waals surface area contributed by atoms with Crippen molar-refractivity contribution in [2.24, 2.45) is 18.9 Å². The van der Waals surface area contributed by atoms with Crippen LogP contribution in [0.1, 0.15) is 56.3 Å². The Hall–Kier alpha value is -2.93. The minimum atomic E-state index is -0.682. The van der Waals surface area contributed by atoms with E-state index in [4.69, 9.17) is 4.74 Å². The summed E-state index contributed by atoms with van der Waals surface area (Å²) in [5.41, 5.74) is 2.31. The average Bonchev–Trinajstić information content (AvgIpc) is 3.30. The zero-order valence-corrected chi connectivity index (χ0v) is 21.7. The maximum absolute atomic E-state index is 11.3. The summed E-state index contributed by atoms with van der Waals surface area (Å²) in [5.74, 6) is 2.37. The molecular formula is C29H40N4O3. The van der Waals surface area contributed by atoms with Crippen molar-refractivity contribution in [3.63, 3.8) is 0 Å². The lowest BCUT2D eigenvalue weighted by Gasteiger charge is -2.39. The van der Waals surface area contributed by atoms with Crippen LogP contribution < -0.4 is 4.74 Å². The lowest BCUT2D eigenvalue weighted by molar-refractivity contribution is -0.137. The van der Waals surface area contributed by atoms with Crippen molar-refractivity contribution < 1.29 is 14.6 Å². The topological polar surface area (TPSA) is 80.5 Å². The van der Waals surface area contributed by atoms with Gasteiger partial charge in [0, 0.05) is 50.4 Å². The van der Waals surface area contributed by atoms with Gasteiger partial charge in [-0.25, -0.2) is 4.98 Å². The Balaban J connectivity index is 1.29. The van der Waals surface area contributed by atoms with Crippen molar-refractivity contribution in [1.82, 2.24) is 19.4 Å². The van der Waals surface area contributed by atoms with E-state index in [0.29, 0.717) is 11.8 Å².